The van der Waals surface area contributed by atoms with E-state index in [0.717, 1.165) is 51.3 Å². The van der Waals surface area contributed by atoms with Gasteiger partial charge in [-0.2, -0.15) is 4.31 Å². The van der Waals surface area contributed by atoms with Gasteiger partial charge >= 0.3 is 0 Å². The van der Waals surface area contributed by atoms with Crippen molar-refractivity contribution in [1.82, 2.24) is 14.5 Å². The van der Waals surface area contributed by atoms with E-state index < -0.39 is 10.0 Å². The summed E-state index contributed by atoms with van der Waals surface area (Å²) in [5, 5.41) is 2.95. The number of carbonyl (C=O) groups excluding carboxylic acids is 1. The Hall–Kier alpha value is -2.26. The smallest absolute Gasteiger partial charge is 0.251 e. The summed E-state index contributed by atoms with van der Waals surface area (Å²) in [4.78, 5) is 15.3. The van der Waals surface area contributed by atoms with Crippen LogP contribution in [0.3, 0.4) is 0 Å². The SMILES string of the molecule is O=C(NCc1ccccc1CN1CCOCC1)c1cccc(S(=O)(=O)N2CCCC2)c1. The molecule has 0 aromatic heterocycles. The zero-order valence-electron chi connectivity index (χ0n) is 17.6. The third-order valence-electron chi connectivity index (χ3n) is 5.85. The molecule has 1 amide bonds. The predicted molar refractivity (Wildman–Crippen MR) is 118 cm³/mol. The number of hydrogen-bond donors (Lipinski definition) is 1. The van der Waals surface area contributed by atoms with Crippen molar-refractivity contribution in [3.63, 3.8) is 0 Å². The van der Waals surface area contributed by atoms with Crippen molar-refractivity contribution in [2.45, 2.75) is 30.8 Å². The highest BCUT2D eigenvalue weighted by atomic mass is 32.2. The summed E-state index contributed by atoms with van der Waals surface area (Å²) >= 11 is 0. The first kappa shape index (κ1) is 22.0. The minimum Gasteiger partial charge on any atom is -0.379 e. The zero-order valence-corrected chi connectivity index (χ0v) is 18.4. The molecule has 2 aliphatic heterocycles. The fourth-order valence-electron chi connectivity index (χ4n) is 4.04. The molecule has 0 atom stereocenters. The minimum absolute atomic E-state index is 0.176. The van der Waals surface area contributed by atoms with Gasteiger partial charge in [0.2, 0.25) is 10.0 Å². The Morgan fingerprint density at radius 2 is 1.65 bits per heavy atom. The number of benzene rings is 2. The van der Waals surface area contributed by atoms with Crippen LogP contribution in [0.2, 0.25) is 0 Å². The summed E-state index contributed by atoms with van der Waals surface area (Å²) in [5.41, 5.74) is 2.59. The second kappa shape index (κ2) is 9.91. The molecule has 8 heteroatoms. The standard InChI is InChI=1S/C23H29N3O4S/c27-23(19-8-5-9-22(16-19)31(28,29)26-10-3-4-11-26)24-17-20-6-1-2-7-21(20)18-25-12-14-30-15-13-25/h1-2,5-9,16H,3-4,10-15,17-18H2,(H,24,27). The van der Waals surface area contributed by atoms with Crippen LogP contribution in [-0.2, 0) is 27.8 Å². The van der Waals surface area contributed by atoms with Crippen molar-refractivity contribution in [2.24, 2.45) is 0 Å². The molecule has 7 nitrogen and oxygen atoms in total. The molecule has 2 aliphatic rings. The average Bonchev–Trinajstić information content (AvgIpc) is 3.35. The monoisotopic (exact) mass is 443 g/mol. The van der Waals surface area contributed by atoms with E-state index in [4.69, 9.17) is 4.74 Å². The number of morpholine rings is 1. The molecule has 2 aromatic carbocycles. The molecule has 4 rings (SSSR count). The first-order chi connectivity index (χ1) is 15.0. The molecule has 0 radical (unpaired) electrons. The van der Waals surface area contributed by atoms with Crippen LogP contribution in [0.1, 0.15) is 34.3 Å². The maximum atomic E-state index is 12.8. The maximum Gasteiger partial charge on any atom is 0.251 e. The van der Waals surface area contributed by atoms with Crippen molar-refractivity contribution in [3.8, 4) is 0 Å². The van der Waals surface area contributed by atoms with Crippen molar-refractivity contribution in [3.05, 3.63) is 65.2 Å². The van der Waals surface area contributed by atoms with Gasteiger partial charge in [-0.15, -0.1) is 0 Å². The van der Waals surface area contributed by atoms with Crippen LogP contribution in [-0.4, -0.2) is 62.9 Å². The van der Waals surface area contributed by atoms with E-state index in [2.05, 4.69) is 16.3 Å². The van der Waals surface area contributed by atoms with E-state index in [-0.39, 0.29) is 10.8 Å². The number of nitrogens with zero attached hydrogens (tertiary/aromatic N) is 2. The fraction of sp³-hybridized carbons (Fsp3) is 0.435. The summed E-state index contributed by atoms with van der Waals surface area (Å²) in [6.07, 6.45) is 1.76. The number of ether oxygens (including phenoxy) is 1. The van der Waals surface area contributed by atoms with Gasteiger partial charge in [-0.25, -0.2) is 8.42 Å². The van der Waals surface area contributed by atoms with Crippen LogP contribution in [0.5, 0.6) is 0 Å². The second-order valence-corrected chi connectivity index (χ2v) is 9.92. The van der Waals surface area contributed by atoms with E-state index in [1.165, 1.54) is 15.9 Å². The summed E-state index contributed by atoms with van der Waals surface area (Å²) in [6.45, 7) is 5.59. The number of nitrogens with one attached hydrogen (secondary N) is 1. The van der Waals surface area contributed by atoms with Gasteiger partial charge in [-0.3, -0.25) is 9.69 Å². The van der Waals surface area contributed by atoms with Gasteiger partial charge < -0.3 is 10.1 Å². The number of sulfonamides is 1. The van der Waals surface area contributed by atoms with Crippen LogP contribution in [0.4, 0.5) is 0 Å². The van der Waals surface area contributed by atoms with Crippen LogP contribution in [0.15, 0.2) is 53.4 Å². The second-order valence-electron chi connectivity index (χ2n) is 7.98. The first-order valence-corrected chi connectivity index (χ1v) is 12.2. The first-order valence-electron chi connectivity index (χ1n) is 10.8. The predicted octanol–water partition coefficient (Wildman–Crippen LogP) is 2.23. The highest BCUT2D eigenvalue weighted by molar-refractivity contribution is 7.89. The van der Waals surface area contributed by atoms with Gasteiger partial charge in [0.1, 0.15) is 0 Å². The molecular formula is C23H29N3O4S. The Labute approximate surface area is 184 Å². The maximum absolute atomic E-state index is 12.8. The number of hydrogen-bond acceptors (Lipinski definition) is 5. The largest absolute Gasteiger partial charge is 0.379 e. The van der Waals surface area contributed by atoms with Gasteiger partial charge in [-0.05, 0) is 42.2 Å². The third kappa shape index (κ3) is 5.33. The summed E-state index contributed by atoms with van der Waals surface area (Å²) in [7, 11) is -3.55. The van der Waals surface area contributed by atoms with Crippen molar-refractivity contribution >= 4 is 15.9 Å². The van der Waals surface area contributed by atoms with Crippen LogP contribution in [0.25, 0.3) is 0 Å². The molecular weight excluding hydrogens is 414 g/mol. The van der Waals surface area contributed by atoms with E-state index in [0.29, 0.717) is 25.2 Å². The molecule has 2 saturated heterocycles. The molecule has 2 aromatic rings. The Kier molecular flexibility index (Phi) is 7.02. The van der Waals surface area contributed by atoms with E-state index >= 15 is 0 Å². The fourth-order valence-corrected chi connectivity index (χ4v) is 5.60. The third-order valence-corrected chi connectivity index (χ3v) is 7.75. The zero-order chi connectivity index (χ0) is 21.7. The highest BCUT2D eigenvalue weighted by Crippen LogP contribution is 2.21. The lowest BCUT2D eigenvalue weighted by atomic mass is 10.1. The van der Waals surface area contributed by atoms with Crippen molar-refractivity contribution in [2.75, 3.05) is 39.4 Å². The Bertz CT molecular complexity index is 1010. The van der Waals surface area contributed by atoms with Gasteiger partial charge in [0, 0.05) is 44.8 Å². The quantitative estimate of drug-likeness (QED) is 0.710. The van der Waals surface area contributed by atoms with Gasteiger partial charge in [0.25, 0.3) is 5.91 Å². The summed E-state index contributed by atoms with van der Waals surface area (Å²) in [6, 6.07) is 14.4. The summed E-state index contributed by atoms with van der Waals surface area (Å²) in [5.74, 6) is -0.278. The van der Waals surface area contributed by atoms with Crippen LogP contribution >= 0.6 is 0 Å². The molecule has 0 unspecified atom stereocenters. The van der Waals surface area contributed by atoms with Gasteiger partial charge in [-0.1, -0.05) is 30.3 Å². The van der Waals surface area contributed by atoms with Gasteiger partial charge in [0.05, 0.1) is 18.1 Å². The number of rotatable bonds is 7. The normalized spacial score (nSPS) is 18.2. The molecule has 2 fully saturated rings. The molecule has 1 N–H and O–H groups in total. The summed E-state index contributed by atoms with van der Waals surface area (Å²) < 4.78 is 32.5. The number of amides is 1. The Balaban J connectivity index is 1.43. The van der Waals surface area contributed by atoms with E-state index in [1.54, 1.807) is 18.2 Å². The molecule has 0 saturated carbocycles. The van der Waals surface area contributed by atoms with E-state index in [9.17, 15) is 13.2 Å². The molecule has 166 valence electrons. The lowest BCUT2D eigenvalue weighted by Gasteiger charge is -2.27. The number of carbonyl (C=O) groups is 1. The lowest BCUT2D eigenvalue weighted by Crippen LogP contribution is -2.36. The van der Waals surface area contributed by atoms with Gasteiger partial charge in [0.15, 0.2) is 0 Å². The topological polar surface area (TPSA) is 79.0 Å². The molecule has 0 aliphatic carbocycles. The molecule has 0 spiro atoms. The van der Waals surface area contributed by atoms with E-state index in [1.807, 2.05) is 18.2 Å². The van der Waals surface area contributed by atoms with Crippen molar-refractivity contribution < 1.29 is 17.9 Å². The molecule has 2 heterocycles. The minimum atomic E-state index is -3.55. The highest BCUT2D eigenvalue weighted by Gasteiger charge is 2.27. The Morgan fingerprint density at radius 3 is 2.39 bits per heavy atom. The lowest BCUT2D eigenvalue weighted by molar-refractivity contribution is 0.0340. The molecule has 31 heavy (non-hydrogen) atoms. The van der Waals surface area contributed by atoms with Crippen molar-refractivity contribution in [1.29, 1.82) is 0 Å². The average molecular weight is 444 g/mol. The van der Waals surface area contributed by atoms with Crippen LogP contribution < -0.4 is 5.32 Å². The Morgan fingerprint density at radius 1 is 0.935 bits per heavy atom. The van der Waals surface area contributed by atoms with Crippen LogP contribution in [0, 0.1) is 0 Å². The molecule has 0 bridgehead atoms.